The van der Waals surface area contributed by atoms with Gasteiger partial charge in [0, 0.05) is 6.04 Å². The fourth-order valence-corrected chi connectivity index (χ4v) is 3.21. The van der Waals surface area contributed by atoms with Crippen molar-refractivity contribution in [3.05, 3.63) is 11.6 Å². The number of aromatic nitrogens is 3. The second-order valence-corrected chi connectivity index (χ2v) is 5.53. The molecule has 0 radical (unpaired) electrons. The predicted octanol–water partition coefficient (Wildman–Crippen LogP) is 2.30. The van der Waals surface area contributed by atoms with E-state index in [2.05, 4.69) is 33.9 Å². The van der Waals surface area contributed by atoms with E-state index in [9.17, 15) is 0 Å². The van der Waals surface area contributed by atoms with Crippen molar-refractivity contribution in [3.8, 4) is 0 Å². The fourth-order valence-electron chi connectivity index (χ4n) is 3.21. The van der Waals surface area contributed by atoms with Crippen LogP contribution in [0.3, 0.4) is 0 Å². The van der Waals surface area contributed by atoms with Gasteiger partial charge in [-0.1, -0.05) is 13.3 Å². The maximum atomic E-state index is 4.50. The van der Waals surface area contributed by atoms with Crippen molar-refractivity contribution in [2.24, 2.45) is 0 Å². The van der Waals surface area contributed by atoms with Crippen LogP contribution in [0.15, 0.2) is 0 Å². The van der Waals surface area contributed by atoms with Crippen LogP contribution in [-0.2, 0) is 5.54 Å². The molecular weight excluding hydrogens is 212 g/mol. The number of aryl methyl sites for hydroxylation is 1. The summed E-state index contributed by atoms with van der Waals surface area (Å²) in [6.45, 7) is 5.46. The molecule has 94 valence electrons. The maximum Gasteiger partial charge on any atom is 0.153 e. The van der Waals surface area contributed by atoms with E-state index in [0.29, 0.717) is 6.04 Å². The Labute approximate surface area is 103 Å². The molecule has 1 aromatic rings. The molecule has 1 atom stereocenters. The molecule has 1 saturated heterocycles. The highest BCUT2D eigenvalue weighted by Crippen LogP contribution is 2.42. The molecule has 2 aliphatic rings. The second-order valence-electron chi connectivity index (χ2n) is 5.53. The molecule has 0 aromatic carbocycles. The quantitative estimate of drug-likeness (QED) is 0.869. The molecule has 0 amide bonds. The number of rotatable bonds is 4. The van der Waals surface area contributed by atoms with Crippen molar-refractivity contribution >= 4 is 0 Å². The summed E-state index contributed by atoms with van der Waals surface area (Å²) < 4.78 is 2.40. The lowest BCUT2D eigenvalue weighted by atomic mass is 9.90. The Bertz CT molecular complexity index is 400. The van der Waals surface area contributed by atoms with Gasteiger partial charge in [0.1, 0.15) is 5.82 Å². The zero-order chi connectivity index (χ0) is 11.9. The van der Waals surface area contributed by atoms with Gasteiger partial charge in [0.15, 0.2) is 5.82 Å². The predicted molar refractivity (Wildman–Crippen MR) is 66.9 cm³/mol. The maximum absolute atomic E-state index is 4.50. The van der Waals surface area contributed by atoms with E-state index < -0.39 is 0 Å². The largest absolute Gasteiger partial charge is 0.311 e. The molecule has 1 unspecified atom stereocenters. The number of hydrogen-bond donors (Lipinski definition) is 1. The zero-order valence-electron chi connectivity index (χ0n) is 10.9. The fraction of sp³-hybridized carbons (Fsp3) is 0.846. The van der Waals surface area contributed by atoms with Crippen LogP contribution in [0, 0.1) is 6.92 Å². The Morgan fingerprint density at radius 1 is 1.41 bits per heavy atom. The highest BCUT2D eigenvalue weighted by molar-refractivity contribution is 5.14. The van der Waals surface area contributed by atoms with Gasteiger partial charge >= 0.3 is 0 Å². The van der Waals surface area contributed by atoms with Crippen LogP contribution >= 0.6 is 0 Å². The molecule has 1 saturated carbocycles. The Hall–Kier alpha value is -0.900. The third-order valence-corrected chi connectivity index (χ3v) is 4.13. The number of nitrogens with zero attached hydrogens (tertiary/aromatic N) is 3. The van der Waals surface area contributed by atoms with Gasteiger partial charge in [0.05, 0.1) is 5.54 Å². The SMILES string of the molecule is CCCC1(c2nnc(C)n2C2CC2)CCCN1. The van der Waals surface area contributed by atoms with Crippen molar-refractivity contribution in [2.45, 2.75) is 64.0 Å². The third kappa shape index (κ3) is 1.79. The Morgan fingerprint density at radius 3 is 2.82 bits per heavy atom. The van der Waals surface area contributed by atoms with Crippen molar-refractivity contribution in [3.63, 3.8) is 0 Å². The summed E-state index contributed by atoms with van der Waals surface area (Å²) in [4.78, 5) is 0. The summed E-state index contributed by atoms with van der Waals surface area (Å²) in [5.74, 6) is 2.29. The van der Waals surface area contributed by atoms with Crippen molar-refractivity contribution in [1.82, 2.24) is 20.1 Å². The average Bonchev–Trinajstić information content (AvgIpc) is 2.91. The monoisotopic (exact) mass is 234 g/mol. The van der Waals surface area contributed by atoms with Crippen molar-refractivity contribution < 1.29 is 0 Å². The summed E-state index contributed by atoms with van der Waals surface area (Å²) in [6.07, 6.45) is 7.45. The Morgan fingerprint density at radius 2 is 2.24 bits per heavy atom. The normalized spacial score (nSPS) is 28.8. The molecule has 3 rings (SSSR count). The first-order valence-corrected chi connectivity index (χ1v) is 6.94. The smallest absolute Gasteiger partial charge is 0.153 e. The van der Waals surface area contributed by atoms with Gasteiger partial charge < -0.3 is 9.88 Å². The summed E-state index contributed by atoms with van der Waals surface area (Å²) in [7, 11) is 0. The molecule has 17 heavy (non-hydrogen) atoms. The van der Waals surface area contributed by atoms with Crippen molar-refractivity contribution in [2.75, 3.05) is 6.54 Å². The van der Waals surface area contributed by atoms with E-state index in [0.717, 1.165) is 12.4 Å². The molecule has 1 N–H and O–H groups in total. The minimum atomic E-state index is 0.110. The molecule has 4 nitrogen and oxygen atoms in total. The molecule has 1 aromatic heterocycles. The molecule has 1 aliphatic carbocycles. The zero-order valence-corrected chi connectivity index (χ0v) is 10.9. The summed E-state index contributed by atoms with van der Waals surface area (Å²) in [5.41, 5.74) is 0.110. The Kier molecular flexibility index (Phi) is 2.69. The standard InChI is InChI=1S/C13H22N4/c1-3-7-13(8-4-9-14-13)12-16-15-10(2)17(12)11-5-6-11/h11,14H,3-9H2,1-2H3. The van der Waals surface area contributed by atoms with Crippen LogP contribution in [0.25, 0.3) is 0 Å². The van der Waals surface area contributed by atoms with E-state index in [1.165, 1.54) is 44.3 Å². The van der Waals surface area contributed by atoms with Gasteiger partial charge in [-0.15, -0.1) is 10.2 Å². The molecule has 0 bridgehead atoms. The first kappa shape index (κ1) is 11.2. The molecule has 0 spiro atoms. The summed E-state index contributed by atoms with van der Waals surface area (Å²) in [6, 6.07) is 0.677. The number of nitrogens with one attached hydrogen (secondary N) is 1. The highest BCUT2D eigenvalue weighted by atomic mass is 15.3. The van der Waals surface area contributed by atoms with Gasteiger partial charge in [0.2, 0.25) is 0 Å². The van der Waals surface area contributed by atoms with E-state index in [1.807, 2.05) is 0 Å². The Balaban J connectivity index is 2.00. The van der Waals surface area contributed by atoms with E-state index in [4.69, 9.17) is 0 Å². The van der Waals surface area contributed by atoms with Crippen LogP contribution in [-0.4, -0.2) is 21.3 Å². The summed E-state index contributed by atoms with van der Waals surface area (Å²) >= 11 is 0. The van der Waals surface area contributed by atoms with Gasteiger partial charge in [-0.2, -0.15) is 0 Å². The molecule has 2 fully saturated rings. The number of hydrogen-bond acceptors (Lipinski definition) is 3. The topological polar surface area (TPSA) is 42.7 Å². The van der Waals surface area contributed by atoms with Gasteiger partial charge in [-0.25, -0.2) is 0 Å². The third-order valence-electron chi connectivity index (χ3n) is 4.13. The van der Waals surface area contributed by atoms with Crippen LogP contribution in [0.2, 0.25) is 0 Å². The lowest BCUT2D eigenvalue weighted by Crippen LogP contribution is -2.39. The average molecular weight is 234 g/mol. The summed E-state index contributed by atoms with van der Waals surface area (Å²) in [5, 5.41) is 12.5. The first-order valence-electron chi connectivity index (χ1n) is 6.94. The molecule has 1 aliphatic heterocycles. The van der Waals surface area contributed by atoms with E-state index in [-0.39, 0.29) is 5.54 Å². The minimum Gasteiger partial charge on any atom is -0.311 e. The van der Waals surface area contributed by atoms with Crippen LogP contribution in [0.4, 0.5) is 0 Å². The lowest BCUT2D eigenvalue weighted by Gasteiger charge is -2.29. The lowest BCUT2D eigenvalue weighted by molar-refractivity contribution is 0.319. The first-order chi connectivity index (χ1) is 8.27. The van der Waals surface area contributed by atoms with Gasteiger partial charge in [-0.3, -0.25) is 0 Å². The van der Waals surface area contributed by atoms with E-state index in [1.54, 1.807) is 0 Å². The van der Waals surface area contributed by atoms with Crippen molar-refractivity contribution in [1.29, 1.82) is 0 Å². The highest BCUT2D eigenvalue weighted by Gasteiger charge is 2.41. The van der Waals surface area contributed by atoms with Gasteiger partial charge in [0.25, 0.3) is 0 Å². The van der Waals surface area contributed by atoms with E-state index >= 15 is 0 Å². The molecule has 2 heterocycles. The van der Waals surface area contributed by atoms with Crippen LogP contribution in [0.5, 0.6) is 0 Å². The molecule has 4 heteroatoms. The van der Waals surface area contributed by atoms with Crippen LogP contribution < -0.4 is 5.32 Å². The van der Waals surface area contributed by atoms with Crippen LogP contribution in [0.1, 0.15) is 63.1 Å². The minimum absolute atomic E-state index is 0.110. The molecular formula is C13H22N4. The van der Waals surface area contributed by atoms with Gasteiger partial charge in [-0.05, 0) is 45.6 Å². The second kappa shape index (κ2) is 4.09.